The van der Waals surface area contributed by atoms with Crippen molar-refractivity contribution in [2.75, 3.05) is 13.2 Å². The highest BCUT2D eigenvalue weighted by Gasteiger charge is 2.27. The van der Waals surface area contributed by atoms with E-state index in [0.717, 1.165) is 16.6 Å². The Balaban J connectivity index is 1.78. The van der Waals surface area contributed by atoms with Crippen LogP contribution < -0.4 is 4.74 Å². The van der Waals surface area contributed by atoms with E-state index in [9.17, 15) is 0 Å². The highest BCUT2D eigenvalue weighted by Crippen LogP contribution is 2.25. The number of ether oxygens (including phenoxy) is 2. The Kier molecular flexibility index (Phi) is 3.35. The van der Waals surface area contributed by atoms with Crippen molar-refractivity contribution in [3.05, 3.63) is 22.7 Å². The standard InChI is InChI=1S/C13H15ClN2O3/c1-7-2-11-12(4-10(7)14)16-13(15-11)19-9-3-8(5-17)18-6-9/h2,4,8-9,17H,3,5-6H2,1H3,(H,15,16)/t8-,9-/m0/s1. The molecule has 2 heterocycles. The lowest BCUT2D eigenvalue weighted by molar-refractivity contribution is 0.0528. The first-order valence-electron chi connectivity index (χ1n) is 6.20. The maximum absolute atomic E-state index is 9.01. The lowest BCUT2D eigenvalue weighted by Crippen LogP contribution is -2.17. The molecule has 1 aliphatic heterocycles. The Morgan fingerprint density at radius 2 is 2.42 bits per heavy atom. The second-order valence-electron chi connectivity index (χ2n) is 4.77. The van der Waals surface area contributed by atoms with Crippen molar-refractivity contribution in [3.8, 4) is 6.01 Å². The molecule has 1 fully saturated rings. The Morgan fingerprint density at radius 3 is 3.16 bits per heavy atom. The number of aliphatic hydroxyl groups excluding tert-OH is 1. The number of benzene rings is 1. The summed E-state index contributed by atoms with van der Waals surface area (Å²) in [4.78, 5) is 7.46. The van der Waals surface area contributed by atoms with Gasteiger partial charge in [0.2, 0.25) is 0 Å². The summed E-state index contributed by atoms with van der Waals surface area (Å²) in [6, 6.07) is 4.22. The van der Waals surface area contributed by atoms with Crippen molar-refractivity contribution in [1.82, 2.24) is 9.97 Å². The molecule has 5 nitrogen and oxygen atoms in total. The molecule has 3 rings (SSSR count). The van der Waals surface area contributed by atoms with E-state index >= 15 is 0 Å². The number of imidazole rings is 1. The number of nitrogens with zero attached hydrogens (tertiary/aromatic N) is 1. The van der Waals surface area contributed by atoms with Gasteiger partial charge in [0.1, 0.15) is 6.10 Å². The number of rotatable bonds is 3. The number of fused-ring (bicyclic) bond motifs is 1. The van der Waals surface area contributed by atoms with Crippen molar-refractivity contribution >= 4 is 22.6 Å². The lowest BCUT2D eigenvalue weighted by Gasteiger charge is -2.08. The van der Waals surface area contributed by atoms with E-state index in [1.54, 1.807) is 0 Å². The maximum Gasteiger partial charge on any atom is 0.294 e. The molecule has 2 atom stereocenters. The second kappa shape index (κ2) is 5.00. The number of aromatic amines is 1. The van der Waals surface area contributed by atoms with Gasteiger partial charge in [0, 0.05) is 11.4 Å². The minimum absolute atomic E-state index is 0.0226. The van der Waals surface area contributed by atoms with Gasteiger partial charge in [-0.2, -0.15) is 4.98 Å². The first-order valence-corrected chi connectivity index (χ1v) is 6.58. The number of hydrogen-bond acceptors (Lipinski definition) is 4. The van der Waals surface area contributed by atoms with E-state index < -0.39 is 0 Å². The van der Waals surface area contributed by atoms with Crippen LogP contribution in [0.2, 0.25) is 5.02 Å². The molecule has 1 saturated heterocycles. The zero-order chi connectivity index (χ0) is 13.4. The summed E-state index contributed by atoms with van der Waals surface area (Å²) in [5.41, 5.74) is 2.66. The monoisotopic (exact) mass is 282 g/mol. The number of aliphatic hydroxyl groups is 1. The highest BCUT2D eigenvalue weighted by molar-refractivity contribution is 6.32. The van der Waals surface area contributed by atoms with Crippen molar-refractivity contribution in [1.29, 1.82) is 0 Å². The van der Waals surface area contributed by atoms with Gasteiger partial charge in [-0.25, -0.2) is 0 Å². The molecule has 19 heavy (non-hydrogen) atoms. The number of H-pyrrole nitrogens is 1. The van der Waals surface area contributed by atoms with Crippen LogP contribution in [0.15, 0.2) is 12.1 Å². The van der Waals surface area contributed by atoms with Gasteiger partial charge in [0.15, 0.2) is 0 Å². The summed E-state index contributed by atoms with van der Waals surface area (Å²) in [6.45, 7) is 2.44. The van der Waals surface area contributed by atoms with Crippen LogP contribution in [0.5, 0.6) is 6.01 Å². The van der Waals surface area contributed by atoms with Gasteiger partial charge in [-0.15, -0.1) is 0 Å². The van der Waals surface area contributed by atoms with Crippen molar-refractivity contribution in [2.45, 2.75) is 25.6 Å². The summed E-state index contributed by atoms with van der Waals surface area (Å²) in [7, 11) is 0. The normalized spacial score (nSPS) is 23.1. The minimum Gasteiger partial charge on any atom is -0.459 e. The number of aromatic nitrogens is 2. The minimum atomic E-state index is -0.133. The van der Waals surface area contributed by atoms with E-state index in [-0.39, 0.29) is 18.8 Å². The van der Waals surface area contributed by atoms with Crippen LogP contribution in [0.25, 0.3) is 11.0 Å². The Morgan fingerprint density at radius 1 is 1.58 bits per heavy atom. The first-order chi connectivity index (χ1) is 9.15. The van der Waals surface area contributed by atoms with Crippen LogP contribution in [-0.2, 0) is 4.74 Å². The number of nitrogens with one attached hydrogen (secondary N) is 1. The quantitative estimate of drug-likeness (QED) is 0.904. The van der Waals surface area contributed by atoms with E-state index in [0.29, 0.717) is 24.1 Å². The summed E-state index contributed by atoms with van der Waals surface area (Å²) < 4.78 is 11.1. The van der Waals surface area contributed by atoms with Gasteiger partial charge in [-0.1, -0.05) is 11.6 Å². The van der Waals surface area contributed by atoms with Gasteiger partial charge in [0.05, 0.1) is 30.4 Å². The smallest absolute Gasteiger partial charge is 0.294 e. The van der Waals surface area contributed by atoms with Gasteiger partial charge >= 0.3 is 0 Å². The Bertz CT molecular complexity index is 560. The maximum atomic E-state index is 9.01. The fourth-order valence-electron chi connectivity index (χ4n) is 2.21. The van der Waals surface area contributed by atoms with Gasteiger partial charge in [-0.3, -0.25) is 0 Å². The van der Waals surface area contributed by atoms with Crippen molar-refractivity contribution in [2.24, 2.45) is 0 Å². The van der Waals surface area contributed by atoms with Crippen LogP contribution in [0.1, 0.15) is 12.0 Å². The van der Waals surface area contributed by atoms with Crippen LogP contribution in [0.4, 0.5) is 0 Å². The number of hydrogen-bond donors (Lipinski definition) is 2. The molecule has 2 aromatic rings. The predicted molar refractivity (Wildman–Crippen MR) is 71.7 cm³/mol. The van der Waals surface area contributed by atoms with Gasteiger partial charge in [0.25, 0.3) is 6.01 Å². The van der Waals surface area contributed by atoms with Crippen LogP contribution in [0, 0.1) is 6.92 Å². The zero-order valence-corrected chi connectivity index (χ0v) is 11.3. The molecule has 6 heteroatoms. The SMILES string of the molecule is Cc1cc2nc(O[C@@H]3CO[C@H](CO)C3)[nH]c2cc1Cl. The molecule has 0 spiro atoms. The fourth-order valence-corrected chi connectivity index (χ4v) is 2.37. The highest BCUT2D eigenvalue weighted by atomic mass is 35.5. The molecular weight excluding hydrogens is 268 g/mol. The third-order valence-electron chi connectivity index (χ3n) is 3.27. The second-order valence-corrected chi connectivity index (χ2v) is 5.18. The van der Waals surface area contributed by atoms with E-state index in [2.05, 4.69) is 9.97 Å². The molecular formula is C13H15ClN2O3. The summed E-state index contributed by atoms with van der Waals surface area (Å²) >= 11 is 6.07. The fraction of sp³-hybridized carbons (Fsp3) is 0.462. The molecule has 2 N–H and O–H groups in total. The van der Waals surface area contributed by atoms with Crippen LogP contribution >= 0.6 is 11.6 Å². The van der Waals surface area contributed by atoms with E-state index in [1.807, 2.05) is 19.1 Å². The topological polar surface area (TPSA) is 67.4 Å². The average Bonchev–Trinajstić information content (AvgIpc) is 2.97. The largest absolute Gasteiger partial charge is 0.459 e. The Hall–Kier alpha value is -1.30. The molecule has 0 bridgehead atoms. The predicted octanol–water partition coefficient (Wildman–Crippen LogP) is 2.05. The first kappa shape index (κ1) is 12.7. The summed E-state index contributed by atoms with van der Waals surface area (Å²) in [6.07, 6.45) is 0.466. The van der Waals surface area contributed by atoms with E-state index in [1.165, 1.54) is 0 Å². The number of aryl methyl sites for hydroxylation is 1. The zero-order valence-electron chi connectivity index (χ0n) is 10.5. The molecule has 0 unspecified atom stereocenters. The molecule has 0 aliphatic carbocycles. The van der Waals surface area contributed by atoms with E-state index in [4.69, 9.17) is 26.2 Å². The van der Waals surface area contributed by atoms with Crippen molar-refractivity contribution < 1.29 is 14.6 Å². The van der Waals surface area contributed by atoms with Gasteiger partial charge in [-0.05, 0) is 24.6 Å². The molecule has 0 saturated carbocycles. The summed E-state index contributed by atoms with van der Waals surface area (Å²) in [5.74, 6) is 0. The molecule has 1 aromatic heterocycles. The van der Waals surface area contributed by atoms with Crippen LogP contribution in [0.3, 0.4) is 0 Å². The molecule has 0 radical (unpaired) electrons. The molecule has 1 aliphatic rings. The number of halogens is 1. The Labute approximate surface area is 115 Å². The van der Waals surface area contributed by atoms with Crippen molar-refractivity contribution in [3.63, 3.8) is 0 Å². The summed E-state index contributed by atoms with van der Waals surface area (Å²) in [5, 5.41) is 9.71. The average molecular weight is 283 g/mol. The molecule has 102 valence electrons. The molecule has 1 aromatic carbocycles. The third-order valence-corrected chi connectivity index (χ3v) is 3.67. The van der Waals surface area contributed by atoms with Gasteiger partial charge < -0.3 is 19.6 Å². The van der Waals surface area contributed by atoms with Crippen LogP contribution in [-0.4, -0.2) is 40.5 Å². The lowest BCUT2D eigenvalue weighted by atomic mass is 10.2. The third kappa shape index (κ3) is 2.54. The molecule has 0 amide bonds.